The first-order chi connectivity index (χ1) is 14.5. The summed E-state index contributed by atoms with van der Waals surface area (Å²) >= 11 is 0. The Kier molecular flexibility index (Phi) is 5.09. The monoisotopic (exact) mass is 395 g/mol. The van der Waals surface area contributed by atoms with Gasteiger partial charge in [0, 0.05) is 12.1 Å². The van der Waals surface area contributed by atoms with E-state index >= 15 is 0 Å². The minimum absolute atomic E-state index is 0.00813. The fourth-order valence-electron chi connectivity index (χ4n) is 3.37. The molecule has 0 heterocycles. The second-order valence-corrected chi connectivity index (χ2v) is 6.83. The lowest BCUT2D eigenvalue weighted by Gasteiger charge is -2.03. The van der Waals surface area contributed by atoms with Gasteiger partial charge in [-0.15, -0.1) is 0 Å². The van der Waals surface area contributed by atoms with Crippen LogP contribution in [0.15, 0.2) is 84.9 Å². The molecule has 0 bridgehead atoms. The Labute approximate surface area is 172 Å². The SMILES string of the molecule is O=C(/C=C/c1cccc2ccc(O)cc12)/C=C/c1cccc2ccc([N+](=O)[O-])cc12. The fourth-order valence-corrected chi connectivity index (χ4v) is 3.37. The van der Waals surface area contributed by atoms with Crippen LogP contribution in [0, 0.1) is 10.1 Å². The molecule has 0 saturated heterocycles. The summed E-state index contributed by atoms with van der Waals surface area (Å²) in [6.07, 6.45) is 6.27. The molecule has 0 amide bonds. The zero-order chi connectivity index (χ0) is 21.1. The number of benzene rings is 4. The van der Waals surface area contributed by atoms with Gasteiger partial charge in [-0.05, 0) is 63.0 Å². The van der Waals surface area contributed by atoms with Gasteiger partial charge < -0.3 is 5.11 Å². The molecule has 4 rings (SSSR count). The Balaban J connectivity index is 1.61. The zero-order valence-electron chi connectivity index (χ0n) is 15.9. The first-order valence-corrected chi connectivity index (χ1v) is 9.30. The summed E-state index contributed by atoms with van der Waals surface area (Å²) in [5, 5.41) is 24.2. The van der Waals surface area contributed by atoms with E-state index in [0.29, 0.717) is 5.39 Å². The van der Waals surface area contributed by atoms with Crippen LogP contribution in [-0.4, -0.2) is 15.8 Å². The maximum absolute atomic E-state index is 12.4. The number of ketones is 1. The van der Waals surface area contributed by atoms with E-state index in [9.17, 15) is 20.0 Å². The highest BCUT2D eigenvalue weighted by Crippen LogP contribution is 2.26. The highest BCUT2D eigenvalue weighted by atomic mass is 16.6. The average Bonchev–Trinajstić information content (AvgIpc) is 2.75. The summed E-state index contributed by atoms with van der Waals surface area (Å²) in [6.45, 7) is 0. The molecule has 146 valence electrons. The van der Waals surface area contributed by atoms with Gasteiger partial charge in [-0.25, -0.2) is 0 Å². The van der Waals surface area contributed by atoms with Crippen molar-refractivity contribution < 1.29 is 14.8 Å². The summed E-state index contributed by atoms with van der Waals surface area (Å²) in [4.78, 5) is 23.0. The lowest BCUT2D eigenvalue weighted by Crippen LogP contribution is -1.89. The molecular weight excluding hydrogens is 378 g/mol. The first kappa shape index (κ1) is 19.1. The van der Waals surface area contributed by atoms with E-state index in [1.165, 1.54) is 24.3 Å². The highest BCUT2D eigenvalue weighted by molar-refractivity contribution is 6.07. The topological polar surface area (TPSA) is 80.4 Å². The number of non-ortho nitro benzene ring substituents is 1. The number of rotatable bonds is 5. The number of carbonyl (C=O) groups is 1. The van der Waals surface area contributed by atoms with Gasteiger partial charge in [-0.2, -0.15) is 0 Å². The Bertz CT molecular complexity index is 1350. The van der Waals surface area contributed by atoms with Crippen LogP contribution in [0.1, 0.15) is 11.1 Å². The van der Waals surface area contributed by atoms with Crippen molar-refractivity contribution in [3.8, 4) is 5.75 Å². The number of carbonyl (C=O) groups excluding carboxylic acids is 1. The van der Waals surface area contributed by atoms with Gasteiger partial charge in [0.2, 0.25) is 0 Å². The predicted octanol–water partition coefficient (Wildman–Crippen LogP) is 5.90. The van der Waals surface area contributed by atoms with Crippen LogP contribution >= 0.6 is 0 Å². The van der Waals surface area contributed by atoms with Crippen molar-refractivity contribution in [3.05, 3.63) is 106 Å². The molecule has 0 spiro atoms. The second-order valence-electron chi connectivity index (χ2n) is 6.83. The van der Waals surface area contributed by atoms with Crippen LogP contribution < -0.4 is 0 Å². The molecule has 1 N–H and O–H groups in total. The van der Waals surface area contributed by atoms with Crippen LogP contribution in [0.5, 0.6) is 5.75 Å². The molecule has 4 aromatic rings. The molecule has 4 aromatic carbocycles. The van der Waals surface area contributed by atoms with E-state index < -0.39 is 4.92 Å². The van der Waals surface area contributed by atoms with E-state index in [1.807, 2.05) is 42.5 Å². The van der Waals surface area contributed by atoms with Crippen LogP contribution in [0.4, 0.5) is 5.69 Å². The van der Waals surface area contributed by atoms with Crippen LogP contribution in [0.2, 0.25) is 0 Å². The van der Waals surface area contributed by atoms with Crippen LogP contribution in [-0.2, 0) is 4.79 Å². The standard InChI is InChI=1S/C25H17NO4/c27-22(13-9-19-5-2-6-20-10-14-23(28)16-25(19)20)12-8-18-4-1-3-17-7-11-21(26(29)30)15-24(17)18/h1-16,28H/b12-8+,13-9+. The molecule has 0 aromatic heterocycles. The van der Waals surface area contributed by atoms with E-state index in [2.05, 4.69) is 0 Å². The minimum Gasteiger partial charge on any atom is -0.508 e. The molecule has 0 fully saturated rings. The number of nitrogens with zero attached hydrogens (tertiary/aromatic N) is 1. The van der Waals surface area contributed by atoms with Crippen molar-refractivity contribution in [3.63, 3.8) is 0 Å². The summed E-state index contributed by atoms with van der Waals surface area (Å²) in [5.74, 6) is -0.0470. The smallest absolute Gasteiger partial charge is 0.270 e. The third kappa shape index (κ3) is 3.95. The molecule has 0 aliphatic heterocycles. The normalized spacial score (nSPS) is 11.6. The molecule has 0 radical (unpaired) electrons. The van der Waals surface area contributed by atoms with Gasteiger partial charge in [0.05, 0.1) is 4.92 Å². The lowest BCUT2D eigenvalue weighted by atomic mass is 10.0. The van der Waals surface area contributed by atoms with Crippen LogP contribution in [0.25, 0.3) is 33.7 Å². The zero-order valence-corrected chi connectivity index (χ0v) is 15.9. The molecule has 5 heteroatoms. The summed E-state index contributed by atoms with van der Waals surface area (Å²) in [6, 6.07) is 21.0. The maximum Gasteiger partial charge on any atom is 0.270 e. The second kappa shape index (κ2) is 8.01. The first-order valence-electron chi connectivity index (χ1n) is 9.30. The summed E-state index contributed by atoms with van der Waals surface area (Å²) in [7, 11) is 0. The quantitative estimate of drug-likeness (QED) is 0.259. The predicted molar refractivity (Wildman–Crippen MR) is 119 cm³/mol. The van der Waals surface area contributed by atoms with E-state index in [1.54, 1.807) is 30.4 Å². The summed E-state index contributed by atoms with van der Waals surface area (Å²) < 4.78 is 0. The van der Waals surface area contributed by atoms with Gasteiger partial charge >= 0.3 is 0 Å². The number of phenols is 1. The molecule has 5 nitrogen and oxygen atoms in total. The van der Waals surface area contributed by atoms with E-state index in [-0.39, 0.29) is 17.2 Å². The fraction of sp³-hybridized carbons (Fsp3) is 0. The number of aromatic hydroxyl groups is 1. The highest BCUT2D eigenvalue weighted by Gasteiger charge is 2.08. The molecular formula is C25H17NO4. The maximum atomic E-state index is 12.4. The van der Waals surface area contributed by atoms with E-state index in [0.717, 1.165) is 27.3 Å². The van der Waals surface area contributed by atoms with Crippen molar-refractivity contribution in [1.82, 2.24) is 0 Å². The largest absolute Gasteiger partial charge is 0.508 e. The number of nitro benzene ring substituents is 1. The van der Waals surface area contributed by atoms with Gasteiger partial charge in [-0.1, -0.05) is 54.6 Å². The number of hydrogen-bond acceptors (Lipinski definition) is 4. The molecule has 30 heavy (non-hydrogen) atoms. The number of hydrogen-bond donors (Lipinski definition) is 1. The average molecular weight is 395 g/mol. The number of nitro groups is 1. The molecule has 0 atom stereocenters. The van der Waals surface area contributed by atoms with Crippen LogP contribution in [0.3, 0.4) is 0 Å². The van der Waals surface area contributed by atoms with Gasteiger partial charge in [0.25, 0.3) is 5.69 Å². The van der Waals surface area contributed by atoms with Crippen molar-refractivity contribution in [1.29, 1.82) is 0 Å². The molecule has 0 unspecified atom stereocenters. The molecule has 0 saturated carbocycles. The van der Waals surface area contributed by atoms with Gasteiger partial charge in [0.1, 0.15) is 5.75 Å². The van der Waals surface area contributed by atoms with Crippen molar-refractivity contribution in [2.24, 2.45) is 0 Å². The third-order valence-corrected chi connectivity index (χ3v) is 4.86. The summed E-state index contributed by atoms with van der Waals surface area (Å²) in [5.41, 5.74) is 1.56. The third-order valence-electron chi connectivity index (χ3n) is 4.86. The Morgan fingerprint density at radius 1 is 0.800 bits per heavy atom. The Morgan fingerprint density at radius 2 is 1.37 bits per heavy atom. The lowest BCUT2D eigenvalue weighted by molar-refractivity contribution is -0.384. The number of phenolic OH excluding ortho intramolecular Hbond substituents is 1. The van der Waals surface area contributed by atoms with Crippen molar-refractivity contribution >= 4 is 45.2 Å². The molecule has 0 aliphatic rings. The molecule has 0 aliphatic carbocycles. The van der Waals surface area contributed by atoms with Gasteiger partial charge in [0.15, 0.2) is 5.78 Å². The minimum atomic E-state index is -0.435. The van der Waals surface area contributed by atoms with Gasteiger partial charge in [-0.3, -0.25) is 14.9 Å². The van der Waals surface area contributed by atoms with Crippen molar-refractivity contribution in [2.75, 3.05) is 0 Å². The number of fused-ring (bicyclic) bond motifs is 2. The van der Waals surface area contributed by atoms with Crippen molar-refractivity contribution in [2.45, 2.75) is 0 Å². The Hall–Kier alpha value is -4.25. The number of allylic oxidation sites excluding steroid dienone is 2. The van der Waals surface area contributed by atoms with E-state index in [4.69, 9.17) is 0 Å². The Morgan fingerprint density at radius 3 is 1.97 bits per heavy atom.